The summed E-state index contributed by atoms with van der Waals surface area (Å²) in [6.45, 7) is 4.18. The van der Waals surface area contributed by atoms with Crippen molar-refractivity contribution in [1.29, 1.82) is 0 Å². The van der Waals surface area contributed by atoms with Crippen molar-refractivity contribution in [2.24, 2.45) is 0 Å². The van der Waals surface area contributed by atoms with E-state index in [0.29, 0.717) is 5.75 Å². The van der Waals surface area contributed by atoms with Crippen LogP contribution in [0.4, 0.5) is 10.5 Å². The number of nitrogens with one attached hydrogen (secondary N) is 1. The fourth-order valence-corrected chi connectivity index (χ4v) is 5.31. The second kappa shape index (κ2) is 8.15. The second-order valence-electron chi connectivity index (χ2n) is 8.88. The van der Waals surface area contributed by atoms with Crippen LogP contribution in [-0.2, 0) is 16.8 Å². The Morgan fingerprint density at radius 3 is 2.75 bits per heavy atom. The predicted octanol–water partition coefficient (Wildman–Crippen LogP) is 3.41. The maximum atomic E-state index is 12.4. The van der Waals surface area contributed by atoms with E-state index in [9.17, 15) is 4.79 Å². The number of aromatic nitrogens is 1. The second-order valence-corrected chi connectivity index (χ2v) is 8.88. The van der Waals surface area contributed by atoms with Gasteiger partial charge >= 0.3 is 6.16 Å². The normalized spacial score (nSPS) is 19.8. The highest BCUT2D eigenvalue weighted by Gasteiger charge is 2.48. The van der Waals surface area contributed by atoms with Gasteiger partial charge in [0.15, 0.2) is 5.75 Å². The molecule has 7 nitrogen and oxygen atoms in total. The molecule has 168 valence electrons. The van der Waals surface area contributed by atoms with Crippen LogP contribution in [0.1, 0.15) is 17.7 Å². The summed E-state index contributed by atoms with van der Waals surface area (Å²) in [7, 11) is 5.55. The molecular formula is C25H30N4O3. The third kappa shape index (κ3) is 3.24. The summed E-state index contributed by atoms with van der Waals surface area (Å²) in [5.74, 6) is 0.604. The van der Waals surface area contributed by atoms with E-state index in [1.54, 1.807) is 0 Å². The number of benzene rings is 2. The average Bonchev–Trinajstić information content (AvgIpc) is 3.04. The minimum atomic E-state index is -0.691. The molecule has 0 radical (unpaired) electrons. The number of anilines is 1. The summed E-state index contributed by atoms with van der Waals surface area (Å²) in [4.78, 5) is 17.1. The quantitative estimate of drug-likeness (QED) is 0.635. The minimum Gasteiger partial charge on any atom is -0.437 e. The molecule has 1 aromatic heterocycles. The SMILES string of the molecule is COC(=O)Oc1c2n(c3ccccc13)Cc1ccccc1N1CCNCC21CCN(C)C. The lowest BCUT2D eigenvalue weighted by molar-refractivity contribution is 0.120. The van der Waals surface area contributed by atoms with E-state index in [2.05, 4.69) is 64.1 Å². The van der Waals surface area contributed by atoms with Crippen LogP contribution in [0, 0.1) is 0 Å². The van der Waals surface area contributed by atoms with Crippen LogP contribution in [0.15, 0.2) is 48.5 Å². The number of hydrogen-bond acceptors (Lipinski definition) is 6. The van der Waals surface area contributed by atoms with Crippen LogP contribution >= 0.6 is 0 Å². The smallest absolute Gasteiger partial charge is 0.437 e. The van der Waals surface area contributed by atoms with Crippen LogP contribution < -0.4 is 15.0 Å². The molecule has 0 bridgehead atoms. The van der Waals surface area contributed by atoms with Gasteiger partial charge in [0.2, 0.25) is 0 Å². The maximum Gasteiger partial charge on any atom is 0.513 e. The fourth-order valence-electron chi connectivity index (χ4n) is 5.31. The number of piperazine rings is 1. The van der Waals surface area contributed by atoms with Gasteiger partial charge in [0.05, 0.1) is 30.4 Å². The molecule has 0 spiro atoms. The van der Waals surface area contributed by atoms with Crippen molar-refractivity contribution in [3.8, 4) is 5.75 Å². The van der Waals surface area contributed by atoms with Gasteiger partial charge in [0.25, 0.3) is 0 Å². The van der Waals surface area contributed by atoms with E-state index in [1.807, 2.05) is 18.2 Å². The van der Waals surface area contributed by atoms with Crippen molar-refractivity contribution < 1.29 is 14.3 Å². The lowest BCUT2D eigenvalue weighted by Gasteiger charge is -2.49. The zero-order valence-electron chi connectivity index (χ0n) is 18.9. The Kier molecular flexibility index (Phi) is 5.31. The topological polar surface area (TPSA) is 59.0 Å². The summed E-state index contributed by atoms with van der Waals surface area (Å²) < 4.78 is 13.2. The van der Waals surface area contributed by atoms with Crippen LogP contribution in [0.2, 0.25) is 0 Å². The molecule has 2 aliphatic rings. The van der Waals surface area contributed by atoms with E-state index in [0.717, 1.165) is 55.7 Å². The van der Waals surface area contributed by atoms with Crippen molar-refractivity contribution in [1.82, 2.24) is 14.8 Å². The van der Waals surface area contributed by atoms with Crippen molar-refractivity contribution in [3.05, 3.63) is 59.8 Å². The first kappa shape index (κ1) is 20.8. The van der Waals surface area contributed by atoms with Crippen molar-refractivity contribution in [3.63, 3.8) is 0 Å². The van der Waals surface area contributed by atoms with Gasteiger partial charge < -0.3 is 29.2 Å². The fraction of sp³-hybridized carbons (Fsp3) is 0.400. The van der Waals surface area contributed by atoms with Gasteiger partial charge in [-0.2, -0.15) is 0 Å². The van der Waals surface area contributed by atoms with E-state index in [-0.39, 0.29) is 5.54 Å². The van der Waals surface area contributed by atoms with E-state index < -0.39 is 6.16 Å². The van der Waals surface area contributed by atoms with Gasteiger partial charge in [-0.1, -0.05) is 30.3 Å². The molecule has 3 heterocycles. The molecule has 7 heteroatoms. The monoisotopic (exact) mass is 434 g/mol. The zero-order chi connectivity index (χ0) is 22.3. The van der Waals surface area contributed by atoms with E-state index in [4.69, 9.17) is 9.47 Å². The highest BCUT2D eigenvalue weighted by molar-refractivity contribution is 5.92. The molecule has 0 amide bonds. The molecule has 1 N–H and O–H groups in total. The zero-order valence-corrected chi connectivity index (χ0v) is 18.9. The van der Waals surface area contributed by atoms with Gasteiger partial charge in [0.1, 0.15) is 0 Å². The number of para-hydroxylation sites is 2. The molecule has 2 aromatic carbocycles. The van der Waals surface area contributed by atoms with Crippen molar-refractivity contribution in [2.75, 3.05) is 52.3 Å². The first-order valence-electron chi connectivity index (χ1n) is 11.1. The van der Waals surface area contributed by atoms with Gasteiger partial charge in [-0.05, 0) is 44.3 Å². The van der Waals surface area contributed by atoms with Crippen LogP contribution in [0.25, 0.3) is 10.9 Å². The highest BCUT2D eigenvalue weighted by atomic mass is 16.7. The molecule has 32 heavy (non-hydrogen) atoms. The van der Waals surface area contributed by atoms with E-state index >= 15 is 0 Å². The largest absolute Gasteiger partial charge is 0.513 e. The Labute approximate surface area is 188 Å². The standard InChI is InChI=1S/C25H30N4O3/c1-27(2)14-12-25-17-26-13-15-29(25)20-10-6-4-8-18(20)16-28-21-11-7-5-9-19(21)22(23(25)28)32-24(30)31-3/h4-11,26H,12-17H2,1-3H3. The molecule has 5 rings (SSSR count). The lowest BCUT2D eigenvalue weighted by atomic mass is 9.85. The number of carbonyl (C=O) groups is 1. The Balaban J connectivity index is 1.84. The molecular weight excluding hydrogens is 404 g/mol. The first-order chi connectivity index (χ1) is 15.5. The molecule has 1 unspecified atom stereocenters. The minimum absolute atomic E-state index is 0.377. The Bertz CT molecular complexity index is 1160. The summed E-state index contributed by atoms with van der Waals surface area (Å²) in [5.41, 5.74) is 4.25. The van der Waals surface area contributed by atoms with Crippen LogP contribution in [0.5, 0.6) is 5.75 Å². The molecule has 1 atom stereocenters. The van der Waals surface area contributed by atoms with Crippen LogP contribution in [0.3, 0.4) is 0 Å². The predicted molar refractivity (Wildman–Crippen MR) is 126 cm³/mol. The summed E-state index contributed by atoms with van der Waals surface area (Å²) >= 11 is 0. The Hall–Kier alpha value is -3.03. The van der Waals surface area contributed by atoms with Crippen LogP contribution in [-0.4, -0.2) is 63.0 Å². The van der Waals surface area contributed by atoms with Crippen molar-refractivity contribution in [2.45, 2.75) is 18.5 Å². The Morgan fingerprint density at radius 1 is 1.16 bits per heavy atom. The number of fused-ring (bicyclic) bond motifs is 7. The molecule has 0 aliphatic carbocycles. The number of ether oxygens (including phenoxy) is 2. The third-order valence-corrected chi connectivity index (χ3v) is 6.75. The van der Waals surface area contributed by atoms with Crippen molar-refractivity contribution >= 4 is 22.7 Å². The Morgan fingerprint density at radius 2 is 1.94 bits per heavy atom. The molecule has 1 fully saturated rings. The molecule has 0 saturated carbocycles. The van der Waals surface area contributed by atoms with Gasteiger partial charge in [0, 0.05) is 37.3 Å². The van der Waals surface area contributed by atoms with Gasteiger partial charge in [-0.25, -0.2) is 4.79 Å². The molecule has 3 aromatic rings. The number of carbonyl (C=O) groups excluding carboxylic acids is 1. The maximum absolute atomic E-state index is 12.4. The summed E-state index contributed by atoms with van der Waals surface area (Å²) in [5, 5.41) is 4.57. The lowest BCUT2D eigenvalue weighted by Crippen LogP contribution is -2.60. The number of nitrogens with zero attached hydrogens (tertiary/aromatic N) is 3. The highest BCUT2D eigenvalue weighted by Crippen LogP contribution is 2.49. The first-order valence-corrected chi connectivity index (χ1v) is 11.1. The van der Waals surface area contributed by atoms with Gasteiger partial charge in [-0.15, -0.1) is 0 Å². The molecule has 2 aliphatic heterocycles. The van der Waals surface area contributed by atoms with Gasteiger partial charge in [-0.3, -0.25) is 0 Å². The third-order valence-electron chi connectivity index (χ3n) is 6.75. The number of rotatable bonds is 4. The average molecular weight is 435 g/mol. The number of methoxy groups -OCH3 is 1. The molecule has 1 saturated heterocycles. The number of hydrogen-bond donors (Lipinski definition) is 1. The summed E-state index contributed by atoms with van der Waals surface area (Å²) in [6, 6.07) is 16.8. The van der Waals surface area contributed by atoms with E-state index in [1.165, 1.54) is 18.4 Å². The summed E-state index contributed by atoms with van der Waals surface area (Å²) in [6.07, 6.45) is 0.193.